The van der Waals surface area contributed by atoms with E-state index in [0.717, 1.165) is 11.3 Å². The summed E-state index contributed by atoms with van der Waals surface area (Å²) in [7, 11) is 0. The molecule has 5 nitrogen and oxygen atoms in total. The Hall–Kier alpha value is -2.25. The van der Waals surface area contributed by atoms with E-state index in [1.54, 1.807) is 23.6 Å². The molecule has 0 bridgehead atoms. The molecule has 2 aliphatic rings. The van der Waals surface area contributed by atoms with Gasteiger partial charge in [0.1, 0.15) is 10.8 Å². The molecule has 7 heteroatoms. The van der Waals surface area contributed by atoms with Crippen LogP contribution in [-0.2, 0) is 0 Å². The van der Waals surface area contributed by atoms with E-state index in [1.807, 2.05) is 0 Å². The maximum atomic E-state index is 12.1. The number of amides is 1. The second-order valence-electron chi connectivity index (χ2n) is 3.99. The molecular weight excluding hydrogens is 296 g/mol. The molecule has 0 spiro atoms. The van der Waals surface area contributed by atoms with Gasteiger partial charge < -0.3 is 10.4 Å². The summed E-state index contributed by atoms with van der Waals surface area (Å²) in [5.41, 5.74) is 1.06. The van der Waals surface area contributed by atoms with Crippen LogP contribution in [0.15, 0.2) is 40.5 Å². The lowest BCUT2D eigenvalue weighted by Gasteiger charge is -2.05. The molecule has 2 N–H and O–H groups in total. The van der Waals surface area contributed by atoms with Crippen LogP contribution in [0.4, 0.5) is 5.69 Å². The summed E-state index contributed by atoms with van der Waals surface area (Å²) in [5.74, 6) is -0.131. The summed E-state index contributed by atoms with van der Waals surface area (Å²) in [4.78, 5) is 27.6. The van der Waals surface area contributed by atoms with Crippen LogP contribution in [0.5, 0.6) is 5.75 Å². The number of nitrogens with zero attached hydrogens (tertiary/aromatic N) is 1. The van der Waals surface area contributed by atoms with Crippen LogP contribution in [0.1, 0.15) is 10.4 Å². The number of aromatic hydroxyl groups is 1. The van der Waals surface area contributed by atoms with Gasteiger partial charge in [0.15, 0.2) is 0 Å². The predicted octanol–water partition coefficient (Wildman–Crippen LogP) is 2.63. The number of thiazole rings is 1. The first kappa shape index (κ1) is 12.8. The SMILES string of the molecule is O=C(Nc1ccc(O)cc1)c1csc2nc(=O)sc-2c1. The van der Waals surface area contributed by atoms with Crippen LogP contribution < -0.4 is 10.2 Å². The largest absolute Gasteiger partial charge is 0.508 e. The van der Waals surface area contributed by atoms with E-state index in [-0.39, 0.29) is 16.5 Å². The number of rotatable bonds is 2. The molecule has 0 saturated carbocycles. The maximum absolute atomic E-state index is 12.1. The van der Waals surface area contributed by atoms with Crippen LogP contribution in [0.3, 0.4) is 0 Å². The number of fused-ring (bicyclic) bond motifs is 1. The second kappa shape index (κ2) is 5.03. The van der Waals surface area contributed by atoms with E-state index in [2.05, 4.69) is 10.3 Å². The highest BCUT2D eigenvalue weighted by Crippen LogP contribution is 2.28. The lowest BCUT2D eigenvalue weighted by molar-refractivity contribution is 0.102. The molecule has 1 amide bonds. The monoisotopic (exact) mass is 304 g/mol. The molecule has 0 aliphatic carbocycles. The van der Waals surface area contributed by atoms with E-state index in [4.69, 9.17) is 0 Å². The molecule has 2 heterocycles. The zero-order chi connectivity index (χ0) is 14.1. The number of aromatic nitrogens is 1. The van der Waals surface area contributed by atoms with Crippen LogP contribution in [0, 0.1) is 0 Å². The van der Waals surface area contributed by atoms with Crippen molar-refractivity contribution in [1.82, 2.24) is 4.98 Å². The van der Waals surface area contributed by atoms with Crippen molar-refractivity contribution in [3.8, 4) is 15.6 Å². The van der Waals surface area contributed by atoms with Gasteiger partial charge in [0, 0.05) is 11.1 Å². The number of phenols is 1. The number of nitrogens with one attached hydrogen (secondary N) is 1. The molecule has 100 valence electrons. The van der Waals surface area contributed by atoms with Crippen molar-refractivity contribution in [1.29, 1.82) is 0 Å². The maximum Gasteiger partial charge on any atom is 0.328 e. The highest BCUT2D eigenvalue weighted by Gasteiger charge is 2.13. The third-order valence-electron chi connectivity index (χ3n) is 2.57. The minimum atomic E-state index is -0.269. The highest BCUT2D eigenvalue weighted by molar-refractivity contribution is 7.20. The first-order valence-corrected chi connectivity index (χ1v) is 7.31. The zero-order valence-corrected chi connectivity index (χ0v) is 11.6. The van der Waals surface area contributed by atoms with E-state index < -0.39 is 0 Å². The molecule has 0 atom stereocenters. The third kappa shape index (κ3) is 2.54. The Labute approximate surface area is 121 Å². The van der Waals surface area contributed by atoms with Crippen molar-refractivity contribution in [2.75, 3.05) is 5.32 Å². The van der Waals surface area contributed by atoms with Gasteiger partial charge in [-0.1, -0.05) is 11.3 Å². The summed E-state index contributed by atoms with van der Waals surface area (Å²) in [6.45, 7) is 0. The van der Waals surface area contributed by atoms with Crippen molar-refractivity contribution < 1.29 is 9.90 Å². The van der Waals surface area contributed by atoms with Crippen molar-refractivity contribution in [2.24, 2.45) is 0 Å². The number of hydrogen-bond acceptors (Lipinski definition) is 6. The molecule has 0 saturated heterocycles. The van der Waals surface area contributed by atoms with Crippen molar-refractivity contribution in [3.05, 3.63) is 50.9 Å². The van der Waals surface area contributed by atoms with Gasteiger partial charge in [0.05, 0.1) is 10.4 Å². The molecule has 2 aliphatic heterocycles. The van der Waals surface area contributed by atoms with Gasteiger partial charge in [-0.2, -0.15) is 4.98 Å². The van der Waals surface area contributed by atoms with Gasteiger partial charge in [-0.15, -0.1) is 11.3 Å². The summed E-state index contributed by atoms with van der Waals surface area (Å²) in [5, 5.41) is 14.2. The second-order valence-corrected chi connectivity index (χ2v) is 5.84. The number of phenolic OH excluding ortho intramolecular Hbond substituents is 1. The Morgan fingerprint density at radius 2 is 2.00 bits per heavy atom. The van der Waals surface area contributed by atoms with Crippen LogP contribution in [-0.4, -0.2) is 16.0 Å². The third-order valence-corrected chi connectivity index (χ3v) is 4.40. The molecule has 0 unspecified atom stereocenters. The van der Waals surface area contributed by atoms with Crippen LogP contribution >= 0.6 is 22.7 Å². The first-order chi connectivity index (χ1) is 9.61. The standard InChI is InChI=1S/C13H8N2O3S2/c16-9-3-1-8(2-4-9)14-11(17)7-5-10-12(19-6-7)15-13(18)20-10/h1-6,16H,(H,14,17). The Morgan fingerprint density at radius 1 is 1.25 bits per heavy atom. The van der Waals surface area contributed by atoms with Crippen molar-refractivity contribution in [2.45, 2.75) is 0 Å². The molecule has 20 heavy (non-hydrogen) atoms. The summed E-state index contributed by atoms with van der Waals surface area (Å²) >= 11 is 2.29. The molecule has 0 fully saturated rings. The smallest absolute Gasteiger partial charge is 0.328 e. The van der Waals surface area contributed by atoms with E-state index in [0.29, 0.717) is 21.1 Å². The lowest BCUT2D eigenvalue weighted by Crippen LogP contribution is -2.11. The zero-order valence-electron chi connectivity index (χ0n) is 9.99. The Bertz CT molecular complexity index is 792. The fourth-order valence-electron chi connectivity index (χ4n) is 1.64. The average molecular weight is 304 g/mol. The molecular formula is C13H8N2O3S2. The van der Waals surface area contributed by atoms with E-state index >= 15 is 0 Å². The fourth-order valence-corrected chi connectivity index (χ4v) is 3.33. The Balaban J connectivity index is 1.87. The van der Waals surface area contributed by atoms with Gasteiger partial charge in [-0.3, -0.25) is 9.59 Å². The van der Waals surface area contributed by atoms with Crippen LogP contribution in [0.25, 0.3) is 9.88 Å². The lowest BCUT2D eigenvalue weighted by atomic mass is 10.2. The molecule has 0 aromatic heterocycles. The number of anilines is 1. The minimum Gasteiger partial charge on any atom is -0.508 e. The summed E-state index contributed by atoms with van der Waals surface area (Å²) in [6, 6.07) is 7.86. The molecule has 1 aromatic rings. The summed E-state index contributed by atoms with van der Waals surface area (Å²) in [6.07, 6.45) is 0. The predicted molar refractivity (Wildman–Crippen MR) is 78.9 cm³/mol. The van der Waals surface area contributed by atoms with Gasteiger partial charge >= 0.3 is 4.87 Å². The molecule has 0 radical (unpaired) electrons. The van der Waals surface area contributed by atoms with Gasteiger partial charge in [0.2, 0.25) is 0 Å². The van der Waals surface area contributed by atoms with Crippen molar-refractivity contribution >= 4 is 34.3 Å². The molecule has 3 rings (SSSR count). The highest BCUT2D eigenvalue weighted by atomic mass is 32.1. The van der Waals surface area contributed by atoms with Crippen molar-refractivity contribution in [3.63, 3.8) is 0 Å². The number of carbonyl (C=O) groups excluding carboxylic acids is 1. The minimum absolute atomic E-state index is 0.138. The Morgan fingerprint density at radius 3 is 2.75 bits per heavy atom. The Kier molecular flexibility index (Phi) is 3.21. The van der Waals surface area contributed by atoms with Crippen LogP contribution in [0.2, 0.25) is 0 Å². The van der Waals surface area contributed by atoms with Gasteiger partial charge in [-0.05, 0) is 30.3 Å². The van der Waals surface area contributed by atoms with E-state index in [1.165, 1.54) is 23.5 Å². The van der Waals surface area contributed by atoms with Gasteiger partial charge in [0.25, 0.3) is 5.91 Å². The number of carbonyl (C=O) groups is 1. The average Bonchev–Trinajstić information content (AvgIpc) is 2.80. The first-order valence-electron chi connectivity index (χ1n) is 5.61. The van der Waals surface area contributed by atoms with E-state index in [9.17, 15) is 14.7 Å². The van der Waals surface area contributed by atoms with Gasteiger partial charge in [-0.25, -0.2) is 0 Å². The summed E-state index contributed by atoms with van der Waals surface area (Å²) < 4.78 is 0. The topological polar surface area (TPSA) is 79.3 Å². The molecule has 1 aromatic carbocycles. The quantitative estimate of drug-likeness (QED) is 0.713. The fraction of sp³-hybridized carbons (Fsp3) is 0. The normalized spacial score (nSPS) is 10.6. The number of benzene rings is 1. The number of hydrogen-bond donors (Lipinski definition) is 2.